The molecule has 0 saturated carbocycles. The van der Waals surface area contributed by atoms with E-state index in [2.05, 4.69) is 5.32 Å². The first-order valence-corrected chi connectivity index (χ1v) is 9.37. The van der Waals surface area contributed by atoms with Crippen molar-refractivity contribution >= 4 is 24.1 Å². The molecule has 0 radical (unpaired) electrons. The average Bonchev–Trinajstić information content (AvgIpc) is 3.15. The third-order valence-corrected chi connectivity index (χ3v) is 4.71. The Labute approximate surface area is 161 Å². The van der Waals surface area contributed by atoms with Gasteiger partial charge in [0.2, 0.25) is 24.1 Å². The molecule has 0 aromatic carbocycles. The predicted molar refractivity (Wildman–Crippen MR) is 102 cm³/mol. The first-order valence-electron chi connectivity index (χ1n) is 9.37. The quantitative estimate of drug-likeness (QED) is 0.461. The van der Waals surface area contributed by atoms with Crippen molar-refractivity contribution in [1.82, 2.24) is 24.9 Å². The van der Waals surface area contributed by atoms with Gasteiger partial charge in [0.25, 0.3) is 0 Å². The van der Waals surface area contributed by atoms with E-state index in [4.69, 9.17) is 0 Å². The zero-order valence-corrected chi connectivity index (χ0v) is 16.9. The molecule has 4 amide bonds. The van der Waals surface area contributed by atoms with Gasteiger partial charge in [0.05, 0.1) is 6.54 Å². The minimum Gasteiger partial charge on any atom is -0.353 e. The fourth-order valence-electron chi connectivity index (χ4n) is 2.92. The molecule has 1 fully saturated rings. The second-order valence-corrected chi connectivity index (χ2v) is 7.26. The van der Waals surface area contributed by atoms with E-state index < -0.39 is 6.04 Å². The van der Waals surface area contributed by atoms with Crippen LogP contribution in [-0.2, 0) is 19.2 Å². The molecular weight excluding hydrogens is 350 g/mol. The lowest BCUT2D eigenvalue weighted by atomic mass is 10.1. The van der Waals surface area contributed by atoms with Crippen LogP contribution in [-0.4, -0.2) is 111 Å². The van der Waals surface area contributed by atoms with Crippen LogP contribution in [0.3, 0.4) is 0 Å². The highest BCUT2D eigenvalue weighted by Crippen LogP contribution is 2.09. The molecule has 1 N–H and O–H groups in total. The lowest BCUT2D eigenvalue weighted by molar-refractivity contribution is -0.139. The number of likely N-dealkylation sites (tertiary alicyclic amines) is 1. The van der Waals surface area contributed by atoms with Crippen molar-refractivity contribution in [1.29, 1.82) is 0 Å². The summed E-state index contributed by atoms with van der Waals surface area (Å²) in [6.07, 6.45) is 2.90. The maximum Gasteiger partial charge on any atom is 0.242 e. The largest absolute Gasteiger partial charge is 0.353 e. The van der Waals surface area contributed by atoms with Crippen LogP contribution >= 0.6 is 0 Å². The second-order valence-electron chi connectivity index (χ2n) is 7.26. The highest BCUT2D eigenvalue weighted by Gasteiger charge is 2.25. The molecule has 1 unspecified atom stereocenters. The molecule has 9 heteroatoms. The first-order chi connectivity index (χ1) is 12.8. The number of nitrogens with one attached hydrogen (secondary N) is 1. The van der Waals surface area contributed by atoms with E-state index in [9.17, 15) is 19.2 Å². The fraction of sp³-hybridized carbons (Fsp3) is 0.778. The molecule has 0 spiro atoms. The molecule has 0 aromatic rings. The summed E-state index contributed by atoms with van der Waals surface area (Å²) in [6, 6.07) is -0.712. The monoisotopic (exact) mass is 383 g/mol. The van der Waals surface area contributed by atoms with Gasteiger partial charge in [-0.05, 0) is 33.4 Å². The van der Waals surface area contributed by atoms with E-state index in [1.165, 1.54) is 16.8 Å². The molecule has 0 aromatic heterocycles. The molecular formula is C18H33N5O4. The number of carbonyl (C=O) groups is 4. The Morgan fingerprint density at radius 3 is 2.30 bits per heavy atom. The zero-order chi connectivity index (χ0) is 20.4. The van der Waals surface area contributed by atoms with Crippen LogP contribution in [0.2, 0.25) is 0 Å². The van der Waals surface area contributed by atoms with Crippen molar-refractivity contribution in [3.05, 3.63) is 0 Å². The lowest BCUT2D eigenvalue weighted by Crippen LogP contribution is -2.47. The van der Waals surface area contributed by atoms with Crippen molar-refractivity contribution in [3.63, 3.8) is 0 Å². The summed E-state index contributed by atoms with van der Waals surface area (Å²) in [4.78, 5) is 54.3. The van der Waals surface area contributed by atoms with Gasteiger partial charge >= 0.3 is 0 Å². The SMILES string of the molecule is CN(C)CCNC(=O)C(CCC(=O)N(C)CC(=O)N1CCCC1)N(C)C=O. The van der Waals surface area contributed by atoms with Gasteiger partial charge in [-0.15, -0.1) is 0 Å². The van der Waals surface area contributed by atoms with Crippen molar-refractivity contribution in [3.8, 4) is 0 Å². The van der Waals surface area contributed by atoms with Crippen LogP contribution in [0.1, 0.15) is 25.7 Å². The third kappa shape index (κ3) is 7.94. The van der Waals surface area contributed by atoms with Gasteiger partial charge in [-0.2, -0.15) is 0 Å². The molecule has 0 bridgehead atoms. The van der Waals surface area contributed by atoms with E-state index in [0.29, 0.717) is 19.5 Å². The van der Waals surface area contributed by atoms with E-state index in [0.717, 1.165) is 25.9 Å². The standard InChI is InChI=1S/C18H33N5O4/c1-20(2)12-9-19-18(27)15(22(4)14-24)7-8-16(25)21(3)13-17(26)23-10-5-6-11-23/h14-15H,5-13H2,1-4H3,(H,19,27). The highest BCUT2D eigenvalue weighted by molar-refractivity contribution is 5.86. The Morgan fingerprint density at radius 1 is 1.11 bits per heavy atom. The minimum absolute atomic E-state index is 0.0437. The highest BCUT2D eigenvalue weighted by atomic mass is 16.2. The second kappa shape index (κ2) is 11.5. The van der Waals surface area contributed by atoms with Crippen molar-refractivity contribution in [2.75, 3.05) is 60.9 Å². The predicted octanol–water partition coefficient (Wildman–Crippen LogP) is -1.02. The van der Waals surface area contributed by atoms with Crippen LogP contribution < -0.4 is 5.32 Å². The number of rotatable bonds is 11. The van der Waals surface area contributed by atoms with Gasteiger partial charge in [0.15, 0.2) is 0 Å². The maximum atomic E-state index is 12.3. The topological polar surface area (TPSA) is 93.3 Å². The number of hydrogen-bond acceptors (Lipinski definition) is 5. The Morgan fingerprint density at radius 2 is 1.74 bits per heavy atom. The molecule has 1 atom stereocenters. The molecule has 1 aliphatic rings. The summed E-state index contributed by atoms with van der Waals surface area (Å²) >= 11 is 0. The van der Waals surface area contributed by atoms with Crippen LogP contribution in [0, 0.1) is 0 Å². The van der Waals surface area contributed by atoms with Crippen LogP contribution in [0.25, 0.3) is 0 Å². The van der Waals surface area contributed by atoms with Crippen LogP contribution in [0.15, 0.2) is 0 Å². The van der Waals surface area contributed by atoms with E-state index in [1.807, 2.05) is 19.0 Å². The molecule has 1 rings (SSSR count). The molecule has 1 heterocycles. The summed E-state index contributed by atoms with van der Waals surface area (Å²) in [5.74, 6) is -0.547. The number of nitrogens with zero attached hydrogens (tertiary/aromatic N) is 4. The van der Waals surface area contributed by atoms with Crippen molar-refractivity contribution in [2.45, 2.75) is 31.7 Å². The number of carbonyl (C=O) groups excluding carboxylic acids is 4. The van der Waals surface area contributed by atoms with Gasteiger partial charge in [-0.25, -0.2) is 0 Å². The Bertz CT molecular complexity index is 520. The van der Waals surface area contributed by atoms with Crippen molar-refractivity contribution in [2.24, 2.45) is 0 Å². The smallest absolute Gasteiger partial charge is 0.242 e. The van der Waals surface area contributed by atoms with E-state index in [1.54, 1.807) is 11.9 Å². The number of amides is 4. The van der Waals surface area contributed by atoms with Crippen LogP contribution in [0.5, 0.6) is 0 Å². The zero-order valence-electron chi connectivity index (χ0n) is 16.9. The third-order valence-electron chi connectivity index (χ3n) is 4.71. The average molecular weight is 383 g/mol. The molecule has 1 saturated heterocycles. The van der Waals surface area contributed by atoms with E-state index >= 15 is 0 Å². The van der Waals surface area contributed by atoms with Gasteiger partial charge in [0.1, 0.15) is 6.04 Å². The van der Waals surface area contributed by atoms with Gasteiger partial charge in [0, 0.05) is 46.7 Å². The van der Waals surface area contributed by atoms with Crippen LogP contribution in [0.4, 0.5) is 0 Å². The molecule has 154 valence electrons. The molecule has 9 nitrogen and oxygen atoms in total. The molecule has 27 heavy (non-hydrogen) atoms. The number of likely N-dealkylation sites (N-methyl/N-ethyl adjacent to an activating group) is 3. The van der Waals surface area contributed by atoms with Gasteiger partial charge in [-0.1, -0.05) is 0 Å². The summed E-state index contributed by atoms with van der Waals surface area (Å²) < 4.78 is 0. The molecule has 0 aliphatic carbocycles. The van der Waals surface area contributed by atoms with E-state index in [-0.39, 0.29) is 37.1 Å². The summed E-state index contributed by atoms with van der Waals surface area (Å²) in [7, 11) is 6.92. The Balaban J connectivity index is 2.49. The Kier molecular flexibility index (Phi) is 9.77. The summed E-state index contributed by atoms with van der Waals surface area (Å²) in [6.45, 7) is 2.69. The minimum atomic E-state index is -0.712. The fourth-order valence-corrected chi connectivity index (χ4v) is 2.92. The summed E-state index contributed by atoms with van der Waals surface area (Å²) in [5.41, 5.74) is 0. The van der Waals surface area contributed by atoms with Crippen molar-refractivity contribution < 1.29 is 19.2 Å². The van der Waals surface area contributed by atoms with Gasteiger partial charge < -0.3 is 24.9 Å². The van der Waals surface area contributed by atoms with Gasteiger partial charge in [-0.3, -0.25) is 19.2 Å². The number of hydrogen-bond donors (Lipinski definition) is 1. The lowest BCUT2D eigenvalue weighted by Gasteiger charge is -2.25. The molecule has 1 aliphatic heterocycles. The normalized spacial score (nSPS) is 14.8. The maximum absolute atomic E-state index is 12.3. The Hall–Kier alpha value is -2.16. The first kappa shape index (κ1) is 22.9. The summed E-state index contributed by atoms with van der Waals surface area (Å²) in [5, 5.41) is 2.78.